The van der Waals surface area contributed by atoms with Gasteiger partial charge in [-0.1, -0.05) is 36.4 Å². The van der Waals surface area contributed by atoms with E-state index >= 15 is 0 Å². The number of rotatable bonds is 6. The summed E-state index contributed by atoms with van der Waals surface area (Å²) in [6.07, 6.45) is 0. The molecule has 1 heterocycles. The van der Waals surface area contributed by atoms with Crippen molar-refractivity contribution < 1.29 is 0 Å². The molecule has 0 amide bonds. The van der Waals surface area contributed by atoms with Gasteiger partial charge in [-0.05, 0) is 54.4 Å². The number of nitrogens with zero attached hydrogens (tertiary/aromatic N) is 4. The lowest BCUT2D eigenvalue weighted by Crippen LogP contribution is -2.25. The van der Waals surface area contributed by atoms with Crippen molar-refractivity contribution in [2.75, 3.05) is 12.3 Å². The van der Waals surface area contributed by atoms with Gasteiger partial charge in [0, 0.05) is 18.8 Å². The highest BCUT2D eigenvalue weighted by Crippen LogP contribution is 2.28. The van der Waals surface area contributed by atoms with Crippen molar-refractivity contribution in [3.63, 3.8) is 0 Å². The minimum atomic E-state index is 0.303. The van der Waals surface area contributed by atoms with E-state index in [0.29, 0.717) is 6.04 Å². The number of hydrogen-bond acceptors (Lipinski definition) is 5. The molecule has 0 spiro atoms. The Balaban J connectivity index is 2.21. The first-order chi connectivity index (χ1) is 10.0. The van der Waals surface area contributed by atoms with E-state index in [2.05, 4.69) is 60.7 Å². The fourth-order valence-corrected chi connectivity index (χ4v) is 3.65. The summed E-state index contributed by atoms with van der Waals surface area (Å²) in [5.41, 5.74) is 5.39. The summed E-state index contributed by atoms with van der Waals surface area (Å²) in [6, 6.07) is 4.81. The fourth-order valence-electron chi connectivity index (χ4n) is 2.73. The molecule has 0 aliphatic rings. The van der Waals surface area contributed by atoms with E-state index < -0.39 is 0 Å². The van der Waals surface area contributed by atoms with Gasteiger partial charge in [0.25, 0.3) is 0 Å². The van der Waals surface area contributed by atoms with Crippen molar-refractivity contribution in [2.24, 2.45) is 7.05 Å². The van der Waals surface area contributed by atoms with E-state index in [4.69, 9.17) is 0 Å². The second-order valence-corrected chi connectivity index (χ2v) is 6.31. The van der Waals surface area contributed by atoms with Crippen LogP contribution in [0.4, 0.5) is 0 Å². The van der Waals surface area contributed by atoms with Crippen LogP contribution in [0.15, 0.2) is 17.3 Å². The Labute approximate surface area is 130 Å². The van der Waals surface area contributed by atoms with Gasteiger partial charge >= 0.3 is 0 Å². The third-order valence-corrected chi connectivity index (χ3v) is 4.60. The maximum atomic E-state index is 4.04. The van der Waals surface area contributed by atoms with Crippen LogP contribution in [0.3, 0.4) is 0 Å². The minimum absolute atomic E-state index is 0.303. The molecular formula is C15H23N5S. The number of hydrogen-bond donors (Lipinski definition) is 1. The van der Waals surface area contributed by atoms with E-state index in [-0.39, 0.29) is 0 Å². The predicted octanol–water partition coefficient (Wildman–Crippen LogP) is 2.58. The summed E-state index contributed by atoms with van der Waals surface area (Å²) >= 11 is 1.68. The van der Waals surface area contributed by atoms with Crippen LogP contribution in [-0.4, -0.2) is 32.5 Å². The average molecular weight is 305 g/mol. The average Bonchev–Trinajstić information content (AvgIpc) is 2.80. The highest BCUT2D eigenvalue weighted by atomic mass is 32.2. The quantitative estimate of drug-likeness (QED) is 0.831. The molecule has 1 aromatic heterocycles. The summed E-state index contributed by atoms with van der Waals surface area (Å²) in [5, 5.41) is 16.0. The Hall–Kier alpha value is -1.40. The van der Waals surface area contributed by atoms with Crippen LogP contribution in [0, 0.1) is 20.8 Å². The largest absolute Gasteiger partial charge is 0.309 e. The van der Waals surface area contributed by atoms with Gasteiger partial charge in [0.15, 0.2) is 0 Å². The first kappa shape index (κ1) is 16.0. The topological polar surface area (TPSA) is 55.6 Å². The maximum absolute atomic E-state index is 4.04. The molecule has 0 bridgehead atoms. The van der Waals surface area contributed by atoms with Crippen molar-refractivity contribution in [2.45, 2.75) is 38.9 Å². The minimum Gasteiger partial charge on any atom is -0.309 e. The highest BCUT2D eigenvalue weighted by molar-refractivity contribution is 7.99. The lowest BCUT2D eigenvalue weighted by atomic mass is 9.95. The molecular weight excluding hydrogens is 282 g/mol. The SMILES string of the molecule is CCNC(CSc1nnnn1C)c1c(C)cc(C)cc1C. The molecule has 1 atom stereocenters. The molecule has 0 saturated carbocycles. The number of aromatic nitrogens is 4. The number of aryl methyl sites for hydroxylation is 4. The Kier molecular flexibility index (Phi) is 5.36. The molecule has 0 aliphatic heterocycles. The Bertz CT molecular complexity index is 585. The van der Waals surface area contributed by atoms with Crippen molar-refractivity contribution in [3.05, 3.63) is 34.4 Å². The molecule has 0 aliphatic carbocycles. The Morgan fingerprint density at radius 3 is 2.43 bits per heavy atom. The first-order valence-corrected chi connectivity index (χ1v) is 8.17. The molecule has 6 heteroatoms. The molecule has 1 aromatic carbocycles. The zero-order chi connectivity index (χ0) is 15.4. The highest BCUT2D eigenvalue weighted by Gasteiger charge is 2.17. The standard InChI is InChI=1S/C15H23N5S/c1-6-16-13(9-21-15-17-18-19-20(15)5)14-11(3)7-10(2)8-12(14)4/h7-8,13,16H,6,9H2,1-5H3. The molecule has 0 fully saturated rings. The Morgan fingerprint density at radius 2 is 1.90 bits per heavy atom. The number of nitrogens with one attached hydrogen (secondary N) is 1. The molecule has 0 radical (unpaired) electrons. The van der Waals surface area contributed by atoms with Crippen molar-refractivity contribution >= 4 is 11.8 Å². The van der Waals surface area contributed by atoms with Gasteiger partial charge in [0.05, 0.1) is 0 Å². The van der Waals surface area contributed by atoms with Crippen LogP contribution in [-0.2, 0) is 7.05 Å². The van der Waals surface area contributed by atoms with Gasteiger partial charge in [-0.2, -0.15) is 0 Å². The molecule has 5 nitrogen and oxygen atoms in total. The van der Waals surface area contributed by atoms with E-state index in [1.165, 1.54) is 22.3 Å². The summed E-state index contributed by atoms with van der Waals surface area (Å²) in [4.78, 5) is 0. The first-order valence-electron chi connectivity index (χ1n) is 7.19. The van der Waals surface area contributed by atoms with Gasteiger partial charge in [-0.15, -0.1) is 5.10 Å². The van der Waals surface area contributed by atoms with Gasteiger partial charge < -0.3 is 5.32 Å². The van der Waals surface area contributed by atoms with Crippen LogP contribution < -0.4 is 5.32 Å². The van der Waals surface area contributed by atoms with Gasteiger partial charge in [0.2, 0.25) is 5.16 Å². The zero-order valence-corrected chi connectivity index (χ0v) is 14.2. The number of benzene rings is 1. The molecule has 0 saturated heterocycles. The van der Waals surface area contributed by atoms with Gasteiger partial charge in [0.1, 0.15) is 0 Å². The molecule has 1 N–H and O–H groups in total. The second-order valence-electron chi connectivity index (χ2n) is 5.32. The molecule has 1 unspecified atom stereocenters. The van der Waals surface area contributed by atoms with Crippen LogP contribution in [0.5, 0.6) is 0 Å². The van der Waals surface area contributed by atoms with Crippen LogP contribution in [0.25, 0.3) is 0 Å². The maximum Gasteiger partial charge on any atom is 0.209 e. The molecule has 21 heavy (non-hydrogen) atoms. The third kappa shape index (κ3) is 3.83. The van der Waals surface area contributed by atoms with Crippen LogP contribution >= 0.6 is 11.8 Å². The predicted molar refractivity (Wildman–Crippen MR) is 86.6 cm³/mol. The van der Waals surface area contributed by atoms with E-state index in [1.807, 2.05) is 7.05 Å². The summed E-state index contributed by atoms with van der Waals surface area (Å²) < 4.78 is 1.71. The van der Waals surface area contributed by atoms with Crippen molar-refractivity contribution in [3.8, 4) is 0 Å². The molecule has 2 rings (SSSR count). The van der Waals surface area contributed by atoms with Gasteiger partial charge in [-0.3, -0.25) is 0 Å². The summed E-state index contributed by atoms with van der Waals surface area (Å²) in [5.74, 6) is 0.910. The summed E-state index contributed by atoms with van der Waals surface area (Å²) in [6.45, 7) is 9.60. The number of thioether (sulfide) groups is 1. The monoisotopic (exact) mass is 305 g/mol. The third-order valence-electron chi connectivity index (χ3n) is 3.50. The zero-order valence-electron chi connectivity index (χ0n) is 13.3. The summed E-state index contributed by atoms with van der Waals surface area (Å²) in [7, 11) is 1.87. The van der Waals surface area contributed by atoms with Crippen molar-refractivity contribution in [1.29, 1.82) is 0 Å². The lowest BCUT2D eigenvalue weighted by molar-refractivity contribution is 0.597. The normalized spacial score (nSPS) is 12.6. The van der Waals surface area contributed by atoms with Crippen molar-refractivity contribution in [1.82, 2.24) is 25.5 Å². The molecule has 114 valence electrons. The fraction of sp³-hybridized carbons (Fsp3) is 0.533. The van der Waals surface area contributed by atoms with E-state index in [0.717, 1.165) is 17.5 Å². The van der Waals surface area contributed by atoms with Crippen LogP contribution in [0.2, 0.25) is 0 Å². The van der Waals surface area contributed by atoms with Gasteiger partial charge in [-0.25, -0.2) is 4.68 Å². The lowest BCUT2D eigenvalue weighted by Gasteiger charge is -2.22. The van der Waals surface area contributed by atoms with E-state index in [1.54, 1.807) is 16.4 Å². The molecule has 2 aromatic rings. The number of tetrazole rings is 1. The Morgan fingerprint density at radius 1 is 1.24 bits per heavy atom. The van der Waals surface area contributed by atoms with Crippen LogP contribution in [0.1, 0.15) is 35.2 Å². The smallest absolute Gasteiger partial charge is 0.209 e. The second kappa shape index (κ2) is 7.04. The van der Waals surface area contributed by atoms with E-state index in [9.17, 15) is 0 Å².